The van der Waals surface area contributed by atoms with Crippen LogP contribution >= 0.6 is 0 Å². The number of hydrogen-bond acceptors (Lipinski definition) is 4. The largest absolute Gasteiger partial charge is 0.497 e. The van der Waals surface area contributed by atoms with Crippen LogP contribution in [0.4, 0.5) is 0 Å². The molecule has 15 heavy (non-hydrogen) atoms. The van der Waals surface area contributed by atoms with Gasteiger partial charge in [-0.15, -0.1) is 0 Å². The first-order chi connectivity index (χ1) is 7.42. The molecule has 4 nitrogen and oxygen atoms in total. The molecule has 1 saturated heterocycles. The standard InChI is InChI=1S/C11H20N2O2/c12-13-11(9-4-7-14-8-5-9)10-3-1-2-6-15-10/h3,9,11,13H,1-2,4-8,12H2. The van der Waals surface area contributed by atoms with Crippen LogP contribution in [0.3, 0.4) is 0 Å². The Labute approximate surface area is 90.8 Å². The number of nitrogens with two attached hydrogens (primary N) is 1. The molecule has 0 amide bonds. The second-order valence-electron chi connectivity index (χ2n) is 4.19. The molecule has 86 valence electrons. The van der Waals surface area contributed by atoms with E-state index in [4.69, 9.17) is 15.3 Å². The van der Waals surface area contributed by atoms with Gasteiger partial charge in [0.25, 0.3) is 0 Å². The molecule has 2 heterocycles. The molecular weight excluding hydrogens is 192 g/mol. The molecule has 4 heteroatoms. The van der Waals surface area contributed by atoms with Crippen LogP contribution in [0.5, 0.6) is 0 Å². The summed E-state index contributed by atoms with van der Waals surface area (Å²) in [5, 5.41) is 0. The molecule has 1 atom stereocenters. The maximum absolute atomic E-state index is 5.66. The van der Waals surface area contributed by atoms with E-state index in [9.17, 15) is 0 Å². The highest BCUT2D eigenvalue weighted by molar-refractivity contribution is 5.07. The van der Waals surface area contributed by atoms with Gasteiger partial charge in [-0.05, 0) is 37.7 Å². The Kier molecular flexibility index (Phi) is 4.00. The second-order valence-corrected chi connectivity index (χ2v) is 4.19. The van der Waals surface area contributed by atoms with E-state index < -0.39 is 0 Å². The minimum Gasteiger partial charge on any atom is -0.497 e. The van der Waals surface area contributed by atoms with Gasteiger partial charge in [-0.3, -0.25) is 5.84 Å². The van der Waals surface area contributed by atoms with E-state index in [-0.39, 0.29) is 6.04 Å². The first kappa shape index (κ1) is 10.9. The number of rotatable bonds is 3. The summed E-state index contributed by atoms with van der Waals surface area (Å²) in [6.45, 7) is 2.51. The highest BCUT2D eigenvalue weighted by atomic mass is 16.5. The van der Waals surface area contributed by atoms with Crippen molar-refractivity contribution >= 4 is 0 Å². The molecule has 2 aliphatic heterocycles. The fraction of sp³-hybridized carbons (Fsp3) is 0.818. The highest BCUT2D eigenvalue weighted by Crippen LogP contribution is 2.25. The molecule has 3 N–H and O–H groups in total. The normalized spacial score (nSPS) is 25.5. The van der Waals surface area contributed by atoms with Crippen LogP contribution < -0.4 is 11.3 Å². The van der Waals surface area contributed by atoms with E-state index >= 15 is 0 Å². The van der Waals surface area contributed by atoms with Crippen molar-refractivity contribution in [2.75, 3.05) is 19.8 Å². The third-order valence-electron chi connectivity index (χ3n) is 3.19. The van der Waals surface area contributed by atoms with E-state index in [0.29, 0.717) is 5.92 Å². The lowest BCUT2D eigenvalue weighted by molar-refractivity contribution is 0.0461. The van der Waals surface area contributed by atoms with Crippen molar-refractivity contribution < 1.29 is 9.47 Å². The Morgan fingerprint density at radius 3 is 2.73 bits per heavy atom. The van der Waals surface area contributed by atoms with Gasteiger partial charge in [-0.1, -0.05) is 0 Å². The van der Waals surface area contributed by atoms with Crippen molar-refractivity contribution in [1.29, 1.82) is 0 Å². The zero-order chi connectivity index (χ0) is 10.5. The predicted molar refractivity (Wildman–Crippen MR) is 57.9 cm³/mol. The van der Waals surface area contributed by atoms with Crippen LogP contribution in [0.15, 0.2) is 11.8 Å². The third kappa shape index (κ3) is 2.71. The van der Waals surface area contributed by atoms with Crippen LogP contribution in [-0.4, -0.2) is 25.9 Å². The minimum atomic E-state index is 0.175. The molecule has 0 spiro atoms. The van der Waals surface area contributed by atoms with E-state index in [2.05, 4.69) is 11.5 Å². The van der Waals surface area contributed by atoms with Crippen LogP contribution in [0, 0.1) is 5.92 Å². The Morgan fingerprint density at radius 1 is 1.33 bits per heavy atom. The Hall–Kier alpha value is -0.580. The average Bonchev–Trinajstić information content (AvgIpc) is 2.33. The lowest BCUT2D eigenvalue weighted by atomic mass is 9.90. The number of ether oxygens (including phenoxy) is 2. The summed E-state index contributed by atoms with van der Waals surface area (Å²) in [4.78, 5) is 0. The Bertz CT molecular complexity index is 225. The van der Waals surface area contributed by atoms with E-state index in [1.165, 1.54) is 0 Å². The Balaban J connectivity index is 1.98. The molecule has 1 unspecified atom stereocenters. The van der Waals surface area contributed by atoms with Gasteiger partial charge in [0.2, 0.25) is 0 Å². The lowest BCUT2D eigenvalue weighted by Gasteiger charge is -2.32. The maximum atomic E-state index is 5.66. The minimum absolute atomic E-state index is 0.175. The zero-order valence-electron chi connectivity index (χ0n) is 9.08. The lowest BCUT2D eigenvalue weighted by Crippen LogP contribution is -2.45. The molecular formula is C11H20N2O2. The fourth-order valence-electron chi connectivity index (χ4n) is 2.29. The molecule has 0 bridgehead atoms. The molecule has 2 rings (SSSR count). The van der Waals surface area contributed by atoms with Gasteiger partial charge in [-0.2, -0.15) is 0 Å². The van der Waals surface area contributed by atoms with E-state index in [1.807, 2.05) is 0 Å². The highest BCUT2D eigenvalue weighted by Gasteiger charge is 2.27. The average molecular weight is 212 g/mol. The number of nitrogens with one attached hydrogen (secondary N) is 1. The summed E-state index contributed by atoms with van der Waals surface area (Å²) in [5.41, 5.74) is 2.89. The van der Waals surface area contributed by atoms with Crippen molar-refractivity contribution in [1.82, 2.24) is 5.43 Å². The molecule has 0 saturated carbocycles. The van der Waals surface area contributed by atoms with Gasteiger partial charge in [0, 0.05) is 13.2 Å². The van der Waals surface area contributed by atoms with Gasteiger partial charge in [0.05, 0.1) is 12.6 Å². The number of hydrogen-bond donors (Lipinski definition) is 2. The van der Waals surface area contributed by atoms with Gasteiger partial charge in [-0.25, -0.2) is 5.43 Å². The van der Waals surface area contributed by atoms with Crippen molar-refractivity contribution in [3.8, 4) is 0 Å². The third-order valence-corrected chi connectivity index (χ3v) is 3.19. The van der Waals surface area contributed by atoms with Gasteiger partial charge >= 0.3 is 0 Å². The van der Waals surface area contributed by atoms with Crippen LogP contribution in [0.2, 0.25) is 0 Å². The van der Waals surface area contributed by atoms with E-state index in [1.54, 1.807) is 0 Å². The number of hydrazine groups is 1. The molecule has 0 aliphatic carbocycles. The summed E-state index contributed by atoms with van der Waals surface area (Å²) in [7, 11) is 0. The Morgan fingerprint density at radius 2 is 2.13 bits per heavy atom. The van der Waals surface area contributed by atoms with Gasteiger partial charge < -0.3 is 9.47 Å². The van der Waals surface area contributed by atoms with Crippen LogP contribution in [0.1, 0.15) is 25.7 Å². The summed E-state index contributed by atoms with van der Waals surface area (Å²) in [6, 6.07) is 0.175. The monoisotopic (exact) mass is 212 g/mol. The molecule has 1 fully saturated rings. The van der Waals surface area contributed by atoms with E-state index in [0.717, 1.165) is 51.3 Å². The first-order valence-electron chi connectivity index (χ1n) is 5.78. The SMILES string of the molecule is NNC(C1=CCCCO1)C1CCOCC1. The quantitative estimate of drug-likeness (QED) is 0.540. The van der Waals surface area contributed by atoms with Crippen molar-refractivity contribution in [2.45, 2.75) is 31.7 Å². The van der Waals surface area contributed by atoms with Crippen molar-refractivity contribution in [3.05, 3.63) is 11.8 Å². The first-order valence-corrected chi connectivity index (χ1v) is 5.78. The summed E-state index contributed by atoms with van der Waals surface area (Å²) in [6.07, 6.45) is 6.53. The molecule has 0 aromatic heterocycles. The number of allylic oxidation sites excluding steroid dienone is 1. The van der Waals surface area contributed by atoms with Gasteiger partial charge in [0.1, 0.15) is 5.76 Å². The summed E-state index contributed by atoms with van der Waals surface area (Å²) < 4.78 is 11.0. The summed E-state index contributed by atoms with van der Waals surface area (Å²) in [5.74, 6) is 7.21. The maximum Gasteiger partial charge on any atom is 0.111 e. The van der Waals surface area contributed by atoms with Crippen molar-refractivity contribution in [3.63, 3.8) is 0 Å². The summed E-state index contributed by atoms with van der Waals surface area (Å²) >= 11 is 0. The predicted octanol–water partition coefficient (Wildman–Crippen LogP) is 0.939. The molecule has 0 aromatic carbocycles. The van der Waals surface area contributed by atoms with Crippen LogP contribution in [0.25, 0.3) is 0 Å². The zero-order valence-corrected chi connectivity index (χ0v) is 9.08. The van der Waals surface area contributed by atoms with Gasteiger partial charge in [0.15, 0.2) is 0 Å². The molecule has 0 aromatic rings. The second kappa shape index (κ2) is 5.49. The van der Waals surface area contributed by atoms with Crippen LogP contribution in [-0.2, 0) is 9.47 Å². The fourth-order valence-corrected chi connectivity index (χ4v) is 2.29. The topological polar surface area (TPSA) is 56.5 Å². The van der Waals surface area contributed by atoms with Crippen molar-refractivity contribution in [2.24, 2.45) is 11.8 Å². The molecule has 2 aliphatic rings. The smallest absolute Gasteiger partial charge is 0.111 e. The molecule has 0 radical (unpaired) electrons.